The van der Waals surface area contributed by atoms with Crippen molar-refractivity contribution in [1.82, 2.24) is 0 Å². The van der Waals surface area contributed by atoms with Crippen molar-refractivity contribution in [2.24, 2.45) is 5.92 Å². The molecular formula is C17H28O3. The van der Waals surface area contributed by atoms with Crippen molar-refractivity contribution in [3.05, 3.63) is 23.8 Å². The summed E-state index contributed by atoms with van der Waals surface area (Å²) in [6.07, 6.45) is 5.07. The maximum Gasteiger partial charge on any atom is 0.122 e. The van der Waals surface area contributed by atoms with Crippen molar-refractivity contribution in [3.63, 3.8) is 0 Å². The van der Waals surface area contributed by atoms with Crippen LogP contribution in [0.3, 0.4) is 0 Å². The zero-order valence-electron chi connectivity index (χ0n) is 13.2. The first-order chi connectivity index (χ1) is 9.64. The number of methoxy groups -OCH3 is 2. The highest BCUT2D eigenvalue weighted by atomic mass is 16.5. The van der Waals surface area contributed by atoms with E-state index in [1.165, 1.54) is 19.3 Å². The van der Waals surface area contributed by atoms with E-state index >= 15 is 0 Å². The van der Waals surface area contributed by atoms with Crippen LogP contribution in [0.5, 0.6) is 11.5 Å². The van der Waals surface area contributed by atoms with E-state index in [9.17, 15) is 5.11 Å². The average Bonchev–Trinajstić information content (AvgIpc) is 2.50. The number of unbranched alkanes of at least 4 members (excludes halogenated alkanes) is 1. The third-order valence-electron chi connectivity index (χ3n) is 3.86. The molecule has 1 aromatic rings. The van der Waals surface area contributed by atoms with Crippen LogP contribution in [0, 0.1) is 5.92 Å². The van der Waals surface area contributed by atoms with Crippen molar-refractivity contribution in [2.45, 2.75) is 52.1 Å². The highest BCUT2D eigenvalue weighted by molar-refractivity contribution is 5.39. The van der Waals surface area contributed by atoms with Gasteiger partial charge in [-0.1, -0.05) is 39.5 Å². The van der Waals surface area contributed by atoms with Crippen LogP contribution < -0.4 is 9.47 Å². The number of hydrogen-bond donors (Lipinski definition) is 1. The molecule has 0 spiro atoms. The van der Waals surface area contributed by atoms with Gasteiger partial charge in [-0.05, 0) is 30.0 Å². The van der Waals surface area contributed by atoms with Gasteiger partial charge in [0.25, 0.3) is 0 Å². The van der Waals surface area contributed by atoms with E-state index in [1.54, 1.807) is 14.2 Å². The van der Waals surface area contributed by atoms with Crippen molar-refractivity contribution >= 4 is 0 Å². The van der Waals surface area contributed by atoms with Gasteiger partial charge in [-0.3, -0.25) is 0 Å². The van der Waals surface area contributed by atoms with Gasteiger partial charge in [-0.15, -0.1) is 0 Å². The molecule has 0 aliphatic carbocycles. The molecule has 1 rings (SSSR count). The van der Waals surface area contributed by atoms with Crippen LogP contribution in [-0.4, -0.2) is 19.3 Å². The second-order valence-corrected chi connectivity index (χ2v) is 5.31. The summed E-state index contributed by atoms with van der Waals surface area (Å²) in [4.78, 5) is 0. The first-order valence-corrected chi connectivity index (χ1v) is 7.55. The molecule has 20 heavy (non-hydrogen) atoms. The Balaban J connectivity index is 2.76. The summed E-state index contributed by atoms with van der Waals surface area (Å²) < 4.78 is 10.5. The largest absolute Gasteiger partial charge is 0.497 e. The Hall–Kier alpha value is -1.22. The minimum Gasteiger partial charge on any atom is -0.497 e. The molecule has 0 saturated heterocycles. The SMILES string of the molecule is CCCCC(CC)CC(O)c1cc(OC)cc(OC)c1. The summed E-state index contributed by atoms with van der Waals surface area (Å²) >= 11 is 0. The highest BCUT2D eigenvalue weighted by Gasteiger charge is 2.16. The monoisotopic (exact) mass is 280 g/mol. The van der Waals surface area contributed by atoms with Gasteiger partial charge in [0.1, 0.15) is 11.5 Å². The molecule has 1 N–H and O–H groups in total. The van der Waals surface area contributed by atoms with Crippen molar-refractivity contribution in [1.29, 1.82) is 0 Å². The molecule has 1 aromatic carbocycles. The van der Waals surface area contributed by atoms with Gasteiger partial charge in [-0.25, -0.2) is 0 Å². The fourth-order valence-corrected chi connectivity index (χ4v) is 2.46. The van der Waals surface area contributed by atoms with Gasteiger partial charge in [0.2, 0.25) is 0 Å². The molecule has 0 radical (unpaired) electrons. The van der Waals surface area contributed by atoms with Gasteiger partial charge in [0.15, 0.2) is 0 Å². The van der Waals surface area contributed by atoms with Crippen LogP contribution in [0.2, 0.25) is 0 Å². The smallest absolute Gasteiger partial charge is 0.122 e. The molecular weight excluding hydrogens is 252 g/mol. The lowest BCUT2D eigenvalue weighted by Crippen LogP contribution is -2.07. The van der Waals surface area contributed by atoms with E-state index in [-0.39, 0.29) is 0 Å². The maximum atomic E-state index is 10.5. The Morgan fingerprint density at radius 3 is 2.10 bits per heavy atom. The molecule has 0 aliphatic heterocycles. The molecule has 2 unspecified atom stereocenters. The molecule has 3 heteroatoms. The molecule has 114 valence electrons. The maximum absolute atomic E-state index is 10.5. The predicted molar refractivity (Wildman–Crippen MR) is 82.4 cm³/mol. The average molecular weight is 280 g/mol. The van der Waals surface area contributed by atoms with Gasteiger partial charge in [-0.2, -0.15) is 0 Å². The molecule has 0 fully saturated rings. The molecule has 0 aromatic heterocycles. The van der Waals surface area contributed by atoms with E-state index in [0.29, 0.717) is 5.92 Å². The Kier molecular flexibility index (Phi) is 7.45. The van der Waals surface area contributed by atoms with E-state index in [1.807, 2.05) is 18.2 Å². The summed E-state index contributed by atoms with van der Waals surface area (Å²) in [6, 6.07) is 5.60. The van der Waals surface area contributed by atoms with Crippen LogP contribution in [0.25, 0.3) is 0 Å². The molecule has 0 aliphatic rings. The van der Waals surface area contributed by atoms with Crippen molar-refractivity contribution in [3.8, 4) is 11.5 Å². The van der Waals surface area contributed by atoms with Crippen LogP contribution in [0.4, 0.5) is 0 Å². The molecule has 0 heterocycles. The van der Waals surface area contributed by atoms with Gasteiger partial charge in [0.05, 0.1) is 20.3 Å². The minimum absolute atomic E-state index is 0.458. The lowest BCUT2D eigenvalue weighted by Gasteiger charge is -2.20. The minimum atomic E-state index is -0.458. The quantitative estimate of drug-likeness (QED) is 0.731. The van der Waals surface area contributed by atoms with Crippen molar-refractivity contribution in [2.75, 3.05) is 14.2 Å². The number of ether oxygens (including phenoxy) is 2. The van der Waals surface area contributed by atoms with Gasteiger partial charge >= 0.3 is 0 Å². The predicted octanol–water partition coefficient (Wildman–Crippen LogP) is 4.34. The van der Waals surface area contributed by atoms with E-state index in [2.05, 4.69) is 13.8 Å². The standard InChI is InChI=1S/C17H28O3/c1-5-7-8-13(6-2)9-17(18)14-10-15(19-3)12-16(11-14)20-4/h10-13,17-18H,5-9H2,1-4H3. The van der Waals surface area contributed by atoms with E-state index in [4.69, 9.17) is 9.47 Å². The van der Waals surface area contributed by atoms with E-state index < -0.39 is 6.10 Å². The topological polar surface area (TPSA) is 38.7 Å². The zero-order valence-corrected chi connectivity index (χ0v) is 13.2. The molecule has 0 bridgehead atoms. The summed E-state index contributed by atoms with van der Waals surface area (Å²) in [5.74, 6) is 2.02. The Bertz CT molecular complexity index is 368. The molecule has 0 amide bonds. The van der Waals surface area contributed by atoms with Crippen LogP contribution in [0.1, 0.15) is 57.6 Å². The first-order valence-electron chi connectivity index (χ1n) is 7.55. The highest BCUT2D eigenvalue weighted by Crippen LogP contribution is 2.31. The van der Waals surface area contributed by atoms with Crippen LogP contribution in [0.15, 0.2) is 18.2 Å². The van der Waals surface area contributed by atoms with E-state index in [0.717, 1.165) is 29.9 Å². The summed E-state index contributed by atoms with van der Waals surface area (Å²) in [6.45, 7) is 4.40. The number of aliphatic hydroxyl groups is 1. The summed E-state index contributed by atoms with van der Waals surface area (Å²) in [7, 11) is 3.25. The Labute approximate surface area is 122 Å². The fraction of sp³-hybridized carbons (Fsp3) is 0.647. The first kappa shape index (κ1) is 16.8. The summed E-state index contributed by atoms with van der Waals surface area (Å²) in [5.41, 5.74) is 0.871. The second-order valence-electron chi connectivity index (χ2n) is 5.31. The zero-order chi connectivity index (χ0) is 15.0. The molecule has 2 atom stereocenters. The van der Waals surface area contributed by atoms with Gasteiger partial charge < -0.3 is 14.6 Å². The number of aliphatic hydroxyl groups excluding tert-OH is 1. The van der Waals surface area contributed by atoms with Crippen LogP contribution in [-0.2, 0) is 0 Å². The number of benzene rings is 1. The third-order valence-corrected chi connectivity index (χ3v) is 3.86. The third kappa shape index (κ3) is 5.04. The summed E-state index contributed by atoms with van der Waals surface area (Å²) in [5, 5.41) is 10.5. The lowest BCUT2D eigenvalue weighted by atomic mass is 9.90. The van der Waals surface area contributed by atoms with Crippen LogP contribution >= 0.6 is 0 Å². The normalized spacial score (nSPS) is 13.8. The Morgan fingerprint density at radius 1 is 1.05 bits per heavy atom. The second kappa shape index (κ2) is 8.85. The number of hydrogen-bond acceptors (Lipinski definition) is 3. The Morgan fingerprint density at radius 2 is 1.65 bits per heavy atom. The fourth-order valence-electron chi connectivity index (χ4n) is 2.46. The number of rotatable bonds is 9. The molecule has 3 nitrogen and oxygen atoms in total. The van der Waals surface area contributed by atoms with Gasteiger partial charge in [0, 0.05) is 6.07 Å². The van der Waals surface area contributed by atoms with Crippen molar-refractivity contribution < 1.29 is 14.6 Å². The molecule has 0 saturated carbocycles. The lowest BCUT2D eigenvalue weighted by molar-refractivity contribution is 0.138.